The lowest BCUT2D eigenvalue weighted by Gasteiger charge is -2.24. The summed E-state index contributed by atoms with van der Waals surface area (Å²) in [7, 11) is 0. The number of benzene rings is 1. The van der Waals surface area contributed by atoms with Crippen molar-refractivity contribution < 1.29 is 14.7 Å². The number of carboxylic acids is 1. The second-order valence-corrected chi connectivity index (χ2v) is 5.95. The molecule has 1 aromatic carbocycles. The summed E-state index contributed by atoms with van der Waals surface area (Å²) in [5.74, 6) is -1.45. The third kappa shape index (κ3) is 4.43. The van der Waals surface area contributed by atoms with Crippen LogP contribution in [0.3, 0.4) is 0 Å². The number of thiophene rings is 1. The van der Waals surface area contributed by atoms with Gasteiger partial charge < -0.3 is 10.0 Å². The molecule has 0 bridgehead atoms. The Hall–Kier alpha value is -2.14. The van der Waals surface area contributed by atoms with Gasteiger partial charge in [0.1, 0.15) is 6.54 Å². The van der Waals surface area contributed by atoms with Crippen LogP contribution >= 0.6 is 11.3 Å². The normalized spacial score (nSPS) is 11.9. The number of rotatable bonds is 7. The standard InChI is InChI=1S/C17H19NO3S/c1-13(15-8-10-22-12-15)17(21)18(11-16(19)20)9-7-14-5-3-2-4-6-14/h2-6,8,10,12-13H,7,9,11H2,1H3,(H,19,20). The Morgan fingerprint density at radius 2 is 1.95 bits per heavy atom. The molecule has 0 fully saturated rings. The van der Waals surface area contributed by atoms with E-state index < -0.39 is 5.97 Å². The fraction of sp³-hybridized carbons (Fsp3) is 0.294. The average molecular weight is 317 g/mol. The maximum Gasteiger partial charge on any atom is 0.323 e. The molecule has 0 aliphatic heterocycles. The van der Waals surface area contributed by atoms with Crippen LogP contribution < -0.4 is 0 Å². The van der Waals surface area contributed by atoms with Gasteiger partial charge in [-0.15, -0.1) is 0 Å². The molecule has 1 atom stereocenters. The molecule has 4 nitrogen and oxygen atoms in total. The molecule has 1 unspecified atom stereocenters. The molecule has 0 radical (unpaired) electrons. The number of aliphatic carboxylic acids is 1. The largest absolute Gasteiger partial charge is 0.480 e. The number of carbonyl (C=O) groups excluding carboxylic acids is 1. The van der Waals surface area contributed by atoms with Gasteiger partial charge in [0.15, 0.2) is 0 Å². The van der Waals surface area contributed by atoms with E-state index in [1.54, 1.807) is 0 Å². The van der Waals surface area contributed by atoms with Crippen LogP contribution in [0.25, 0.3) is 0 Å². The topological polar surface area (TPSA) is 57.6 Å². The third-order valence-corrected chi connectivity index (χ3v) is 4.27. The smallest absolute Gasteiger partial charge is 0.323 e. The van der Waals surface area contributed by atoms with Crippen molar-refractivity contribution >= 4 is 23.2 Å². The minimum atomic E-state index is -0.987. The van der Waals surface area contributed by atoms with E-state index in [9.17, 15) is 9.59 Å². The summed E-state index contributed by atoms with van der Waals surface area (Å²) in [5.41, 5.74) is 2.03. The average Bonchev–Trinajstić information content (AvgIpc) is 3.05. The van der Waals surface area contributed by atoms with Gasteiger partial charge in [0.05, 0.1) is 5.92 Å². The predicted molar refractivity (Wildman–Crippen MR) is 87.1 cm³/mol. The van der Waals surface area contributed by atoms with Crippen molar-refractivity contribution in [1.82, 2.24) is 4.90 Å². The van der Waals surface area contributed by atoms with E-state index in [1.807, 2.05) is 54.1 Å². The van der Waals surface area contributed by atoms with E-state index >= 15 is 0 Å². The number of amides is 1. The van der Waals surface area contributed by atoms with Crippen LogP contribution in [0.5, 0.6) is 0 Å². The molecule has 2 rings (SSSR count). The molecule has 0 spiro atoms. The van der Waals surface area contributed by atoms with Crippen LogP contribution in [0.15, 0.2) is 47.2 Å². The van der Waals surface area contributed by atoms with E-state index in [0.29, 0.717) is 13.0 Å². The van der Waals surface area contributed by atoms with Crippen molar-refractivity contribution in [3.63, 3.8) is 0 Å². The maximum atomic E-state index is 12.6. The first-order valence-electron chi connectivity index (χ1n) is 7.14. The van der Waals surface area contributed by atoms with E-state index in [-0.39, 0.29) is 18.4 Å². The van der Waals surface area contributed by atoms with Gasteiger partial charge in [-0.3, -0.25) is 9.59 Å². The molecule has 0 saturated heterocycles. The number of nitrogens with zero attached hydrogens (tertiary/aromatic N) is 1. The molecular formula is C17H19NO3S. The Kier molecular flexibility index (Phi) is 5.72. The molecule has 1 N–H and O–H groups in total. The summed E-state index contributed by atoms with van der Waals surface area (Å²) in [6, 6.07) is 11.7. The van der Waals surface area contributed by atoms with Crippen molar-refractivity contribution in [1.29, 1.82) is 0 Å². The number of carboxylic acid groups (broad SMARTS) is 1. The maximum absolute atomic E-state index is 12.6. The summed E-state index contributed by atoms with van der Waals surface area (Å²) in [5, 5.41) is 12.9. The quantitative estimate of drug-likeness (QED) is 0.854. The molecule has 5 heteroatoms. The van der Waals surface area contributed by atoms with Gasteiger partial charge in [0.25, 0.3) is 0 Å². The highest BCUT2D eigenvalue weighted by Gasteiger charge is 2.23. The van der Waals surface area contributed by atoms with E-state index in [1.165, 1.54) is 16.2 Å². The van der Waals surface area contributed by atoms with Crippen molar-refractivity contribution in [2.45, 2.75) is 19.3 Å². The van der Waals surface area contributed by atoms with Gasteiger partial charge in [-0.1, -0.05) is 30.3 Å². The predicted octanol–water partition coefficient (Wildman–Crippen LogP) is 3.01. The first-order chi connectivity index (χ1) is 10.6. The minimum Gasteiger partial charge on any atom is -0.480 e. The summed E-state index contributed by atoms with van der Waals surface area (Å²) < 4.78 is 0. The van der Waals surface area contributed by atoms with Crippen LogP contribution in [0.4, 0.5) is 0 Å². The lowest BCUT2D eigenvalue weighted by Crippen LogP contribution is -2.39. The van der Waals surface area contributed by atoms with Crippen molar-refractivity contribution in [3.05, 3.63) is 58.3 Å². The Labute approximate surface area is 134 Å². The summed E-state index contributed by atoms with van der Waals surface area (Å²) >= 11 is 1.53. The first-order valence-corrected chi connectivity index (χ1v) is 8.09. The molecule has 0 saturated carbocycles. The summed E-state index contributed by atoms with van der Waals surface area (Å²) in [6.07, 6.45) is 0.649. The number of hydrogen-bond acceptors (Lipinski definition) is 3. The molecule has 0 aliphatic carbocycles. The Balaban J connectivity index is 2.05. The summed E-state index contributed by atoms with van der Waals surface area (Å²) in [6.45, 7) is 1.96. The van der Waals surface area contributed by atoms with Crippen LogP contribution in [-0.2, 0) is 16.0 Å². The fourth-order valence-electron chi connectivity index (χ4n) is 2.28. The van der Waals surface area contributed by atoms with Crippen molar-refractivity contribution in [3.8, 4) is 0 Å². The van der Waals surface area contributed by atoms with Crippen molar-refractivity contribution in [2.75, 3.05) is 13.1 Å². The Morgan fingerprint density at radius 1 is 1.23 bits per heavy atom. The Bertz CT molecular complexity index is 610. The van der Waals surface area contributed by atoms with Crippen LogP contribution in [0.1, 0.15) is 24.0 Å². The highest BCUT2D eigenvalue weighted by Crippen LogP contribution is 2.20. The SMILES string of the molecule is CC(C(=O)N(CCc1ccccc1)CC(=O)O)c1ccsc1. The Morgan fingerprint density at radius 3 is 2.55 bits per heavy atom. The van der Waals surface area contributed by atoms with E-state index in [0.717, 1.165) is 11.1 Å². The van der Waals surface area contributed by atoms with Gasteiger partial charge in [-0.2, -0.15) is 11.3 Å². The zero-order valence-corrected chi connectivity index (χ0v) is 13.3. The molecule has 116 valence electrons. The van der Waals surface area contributed by atoms with Crippen LogP contribution in [0, 0.1) is 0 Å². The van der Waals surface area contributed by atoms with Gasteiger partial charge in [-0.25, -0.2) is 0 Å². The summed E-state index contributed by atoms with van der Waals surface area (Å²) in [4.78, 5) is 25.0. The second kappa shape index (κ2) is 7.75. The zero-order chi connectivity index (χ0) is 15.9. The fourth-order valence-corrected chi connectivity index (χ4v) is 3.03. The molecule has 1 aromatic heterocycles. The molecule has 2 aromatic rings. The minimum absolute atomic E-state index is 0.142. The zero-order valence-electron chi connectivity index (χ0n) is 12.4. The van der Waals surface area contributed by atoms with Gasteiger partial charge >= 0.3 is 5.97 Å². The molecule has 22 heavy (non-hydrogen) atoms. The van der Waals surface area contributed by atoms with Crippen molar-refractivity contribution in [2.24, 2.45) is 0 Å². The second-order valence-electron chi connectivity index (χ2n) is 5.17. The number of hydrogen-bond donors (Lipinski definition) is 1. The highest BCUT2D eigenvalue weighted by atomic mass is 32.1. The van der Waals surface area contributed by atoms with E-state index in [4.69, 9.17) is 5.11 Å². The first kappa shape index (κ1) is 16.2. The van der Waals surface area contributed by atoms with Gasteiger partial charge in [0.2, 0.25) is 5.91 Å². The van der Waals surface area contributed by atoms with Gasteiger partial charge in [-0.05, 0) is 41.3 Å². The van der Waals surface area contributed by atoms with Crippen LogP contribution in [-0.4, -0.2) is 35.0 Å². The highest BCUT2D eigenvalue weighted by molar-refractivity contribution is 7.08. The molecule has 1 heterocycles. The lowest BCUT2D eigenvalue weighted by atomic mass is 10.0. The van der Waals surface area contributed by atoms with Crippen LogP contribution in [0.2, 0.25) is 0 Å². The molecule has 1 amide bonds. The van der Waals surface area contributed by atoms with E-state index in [2.05, 4.69) is 0 Å². The molecular weight excluding hydrogens is 298 g/mol. The monoisotopic (exact) mass is 317 g/mol. The van der Waals surface area contributed by atoms with Gasteiger partial charge in [0, 0.05) is 6.54 Å². The number of carbonyl (C=O) groups is 2. The third-order valence-electron chi connectivity index (χ3n) is 3.56. The molecule has 0 aliphatic rings. The lowest BCUT2D eigenvalue weighted by molar-refractivity contribution is -0.144.